The number of hydrogen-bond acceptors (Lipinski definition) is 5. The maximum absolute atomic E-state index is 13.0. The average Bonchev–Trinajstić information content (AvgIpc) is 2.97. The molecule has 3 rings (SSSR count). The molecule has 1 N–H and O–H groups in total. The second kappa shape index (κ2) is 9.70. The van der Waals surface area contributed by atoms with Crippen molar-refractivity contribution < 1.29 is 22.8 Å². The van der Waals surface area contributed by atoms with Gasteiger partial charge in [-0.25, -0.2) is 12.7 Å². The first-order valence-corrected chi connectivity index (χ1v) is 11.9. The average molecular weight is 478 g/mol. The summed E-state index contributed by atoms with van der Waals surface area (Å²) in [6.45, 7) is 1.66. The van der Waals surface area contributed by atoms with Crippen molar-refractivity contribution in [2.75, 3.05) is 13.6 Å². The Balaban J connectivity index is 1.70. The number of amides is 3. The molecule has 0 saturated carbocycles. The van der Waals surface area contributed by atoms with Crippen LogP contribution in [0.1, 0.15) is 35.7 Å². The molecule has 170 valence electrons. The van der Waals surface area contributed by atoms with Crippen LogP contribution in [-0.2, 0) is 26.2 Å². The molecule has 0 bridgehead atoms. The second-order valence-electron chi connectivity index (χ2n) is 7.42. The van der Waals surface area contributed by atoms with Gasteiger partial charge in [0, 0.05) is 31.6 Å². The van der Waals surface area contributed by atoms with Crippen molar-refractivity contribution in [2.24, 2.45) is 0 Å². The van der Waals surface area contributed by atoms with E-state index in [1.165, 1.54) is 24.1 Å². The lowest BCUT2D eigenvalue weighted by atomic mass is 10.1. The standard InChI is InChI=1S/C22H24ClN3O5S/c1-15(21(28)24-2)25(14-16-7-5-8-17(23)13-16)20(27)11-6-12-26-22(29)18-9-3-4-10-19(18)32(26,30)31/h3-5,7-10,13,15H,6,11-12,14H2,1-2H3,(H,24,28)/t15-/m0/s1. The van der Waals surface area contributed by atoms with E-state index in [1.54, 1.807) is 43.3 Å². The molecule has 0 aliphatic carbocycles. The first-order valence-electron chi connectivity index (χ1n) is 10.1. The second-order valence-corrected chi connectivity index (χ2v) is 9.69. The topological polar surface area (TPSA) is 104 Å². The first-order chi connectivity index (χ1) is 15.2. The van der Waals surface area contributed by atoms with Gasteiger partial charge < -0.3 is 10.2 Å². The van der Waals surface area contributed by atoms with Gasteiger partial charge >= 0.3 is 0 Å². The molecular weight excluding hydrogens is 454 g/mol. The third kappa shape index (κ3) is 4.78. The minimum absolute atomic E-state index is 0.0212. The summed E-state index contributed by atoms with van der Waals surface area (Å²) in [5, 5.41) is 3.05. The highest BCUT2D eigenvalue weighted by Crippen LogP contribution is 2.30. The third-order valence-corrected chi connectivity index (χ3v) is 7.40. The van der Waals surface area contributed by atoms with Crippen molar-refractivity contribution in [1.29, 1.82) is 0 Å². The van der Waals surface area contributed by atoms with Crippen LogP contribution in [0.15, 0.2) is 53.4 Å². The van der Waals surface area contributed by atoms with Gasteiger partial charge in [-0.05, 0) is 43.2 Å². The van der Waals surface area contributed by atoms with E-state index in [1.807, 2.05) is 0 Å². The van der Waals surface area contributed by atoms with Crippen LogP contribution < -0.4 is 5.32 Å². The molecule has 32 heavy (non-hydrogen) atoms. The van der Waals surface area contributed by atoms with Crippen LogP contribution >= 0.6 is 11.6 Å². The molecule has 1 aliphatic rings. The summed E-state index contributed by atoms with van der Waals surface area (Å²) in [4.78, 5) is 39.1. The third-order valence-electron chi connectivity index (χ3n) is 5.32. The number of benzene rings is 2. The van der Waals surface area contributed by atoms with Gasteiger partial charge in [-0.15, -0.1) is 0 Å². The van der Waals surface area contributed by atoms with E-state index in [4.69, 9.17) is 11.6 Å². The van der Waals surface area contributed by atoms with Crippen molar-refractivity contribution in [3.63, 3.8) is 0 Å². The van der Waals surface area contributed by atoms with Crippen molar-refractivity contribution in [1.82, 2.24) is 14.5 Å². The van der Waals surface area contributed by atoms with E-state index in [0.29, 0.717) is 5.02 Å². The van der Waals surface area contributed by atoms with Crippen LogP contribution in [0.3, 0.4) is 0 Å². The number of nitrogens with one attached hydrogen (secondary N) is 1. The highest BCUT2D eigenvalue weighted by atomic mass is 35.5. The lowest BCUT2D eigenvalue weighted by Gasteiger charge is -2.28. The maximum Gasteiger partial charge on any atom is 0.269 e. The zero-order valence-corrected chi connectivity index (χ0v) is 19.3. The molecule has 0 fully saturated rings. The molecule has 10 heteroatoms. The number of fused-ring (bicyclic) bond motifs is 1. The molecule has 1 atom stereocenters. The van der Waals surface area contributed by atoms with Crippen molar-refractivity contribution in [3.05, 3.63) is 64.7 Å². The van der Waals surface area contributed by atoms with Crippen molar-refractivity contribution >= 4 is 39.3 Å². The van der Waals surface area contributed by atoms with Gasteiger partial charge in [0.25, 0.3) is 15.9 Å². The van der Waals surface area contributed by atoms with E-state index in [-0.39, 0.29) is 48.2 Å². The summed E-state index contributed by atoms with van der Waals surface area (Å²) in [6.07, 6.45) is 0.0991. The van der Waals surface area contributed by atoms with Gasteiger partial charge in [-0.3, -0.25) is 14.4 Å². The number of hydrogen-bond donors (Lipinski definition) is 1. The molecule has 3 amide bonds. The van der Waals surface area contributed by atoms with Gasteiger partial charge in [0.05, 0.1) is 5.56 Å². The lowest BCUT2D eigenvalue weighted by Crippen LogP contribution is -2.46. The number of likely N-dealkylation sites (N-methyl/N-ethyl adjacent to an activating group) is 1. The van der Waals surface area contributed by atoms with Gasteiger partial charge in [0.15, 0.2) is 0 Å². The zero-order chi connectivity index (χ0) is 23.5. The molecule has 2 aromatic carbocycles. The van der Waals surface area contributed by atoms with E-state index >= 15 is 0 Å². The Morgan fingerprint density at radius 1 is 1.16 bits per heavy atom. The van der Waals surface area contributed by atoms with E-state index in [9.17, 15) is 22.8 Å². The Morgan fingerprint density at radius 3 is 2.53 bits per heavy atom. The predicted octanol–water partition coefficient (Wildman–Crippen LogP) is 2.43. The molecule has 1 heterocycles. The summed E-state index contributed by atoms with van der Waals surface area (Å²) in [7, 11) is -2.43. The van der Waals surface area contributed by atoms with Crippen molar-refractivity contribution in [2.45, 2.75) is 37.2 Å². The number of carbonyl (C=O) groups is 3. The van der Waals surface area contributed by atoms with Gasteiger partial charge in [0.1, 0.15) is 10.9 Å². The maximum atomic E-state index is 13.0. The predicted molar refractivity (Wildman–Crippen MR) is 119 cm³/mol. The molecule has 0 saturated heterocycles. The largest absolute Gasteiger partial charge is 0.357 e. The van der Waals surface area contributed by atoms with Crippen LogP contribution in [0.5, 0.6) is 0 Å². The molecule has 0 spiro atoms. The highest BCUT2D eigenvalue weighted by Gasteiger charge is 2.40. The van der Waals surface area contributed by atoms with Crippen LogP contribution in [-0.4, -0.2) is 55.0 Å². The number of rotatable bonds is 8. The number of carbonyl (C=O) groups excluding carboxylic acids is 3. The Morgan fingerprint density at radius 2 is 1.88 bits per heavy atom. The number of sulfonamides is 1. The van der Waals surface area contributed by atoms with Gasteiger partial charge in [0.2, 0.25) is 11.8 Å². The summed E-state index contributed by atoms with van der Waals surface area (Å²) in [5.41, 5.74) is 0.893. The zero-order valence-electron chi connectivity index (χ0n) is 17.7. The van der Waals surface area contributed by atoms with Crippen molar-refractivity contribution in [3.8, 4) is 0 Å². The normalized spacial score (nSPS) is 15.2. The monoisotopic (exact) mass is 477 g/mol. The Hall–Kier alpha value is -2.91. The lowest BCUT2D eigenvalue weighted by molar-refractivity contribution is -0.140. The van der Waals surface area contributed by atoms with E-state index in [0.717, 1.165) is 9.87 Å². The van der Waals surface area contributed by atoms with Crippen LogP contribution in [0.25, 0.3) is 0 Å². The van der Waals surface area contributed by atoms with Crippen LogP contribution in [0.4, 0.5) is 0 Å². The van der Waals surface area contributed by atoms with Gasteiger partial charge in [-0.2, -0.15) is 0 Å². The molecule has 0 unspecified atom stereocenters. The summed E-state index contributed by atoms with van der Waals surface area (Å²) < 4.78 is 26.1. The quantitative estimate of drug-likeness (QED) is 0.628. The molecule has 0 radical (unpaired) electrons. The van der Waals surface area contributed by atoms with E-state index in [2.05, 4.69) is 5.32 Å². The highest BCUT2D eigenvalue weighted by molar-refractivity contribution is 7.90. The smallest absolute Gasteiger partial charge is 0.269 e. The summed E-state index contributed by atoms with van der Waals surface area (Å²) in [6, 6.07) is 12.3. The fraction of sp³-hybridized carbons (Fsp3) is 0.318. The Labute approximate surface area is 192 Å². The molecule has 0 aromatic heterocycles. The Kier molecular flexibility index (Phi) is 7.20. The summed E-state index contributed by atoms with van der Waals surface area (Å²) >= 11 is 6.04. The summed E-state index contributed by atoms with van der Waals surface area (Å²) in [5.74, 6) is -1.25. The molecular formula is C22H24ClN3O5S. The fourth-order valence-corrected chi connectivity index (χ4v) is 5.41. The Bertz CT molecular complexity index is 1150. The first kappa shape index (κ1) is 23.7. The number of halogens is 1. The van der Waals surface area contributed by atoms with Crippen LogP contribution in [0, 0.1) is 0 Å². The number of nitrogens with zero attached hydrogens (tertiary/aromatic N) is 2. The minimum Gasteiger partial charge on any atom is -0.357 e. The molecule has 8 nitrogen and oxygen atoms in total. The SMILES string of the molecule is CNC(=O)[C@H](C)N(Cc1cccc(Cl)c1)C(=O)CCCN1C(=O)c2ccccc2S1(=O)=O. The molecule has 1 aliphatic heterocycles. The fourth-order valence-electron chi connectivity index (χ4n) is 3.59. The van der Waals surface area contributed by atoms with Crippen LogP contribution in [0.2, 0.25) is 5.02 Å². The minimum atomic E-state index is -3.92. The molecule has 2 aromatic rings. The van der Waals surface area contributed by atoms with E-state index < -0.39 is 22.0 Å². The van der Waals surface area contributed by atoms with Gasteiger partial charge in [-0.1, -0.05) is 35.9 Å².